The molecule has 0 heterocycles. The molecule has 102 valence electrons. The van der Waals surface area contributed by atoms with E-state index in [0.717, 1.165) is 19.4 Å². The van der Waals surface area contributed by atoms with Gasteiger partial charge in [-0.15, -0.1) is 0 Å². The van der Waals surface area contributed by atoms with E-state index in [0.29, 0.717) is 13.1 Å². The summed E-state index contributed by atoms with van der Waals surface area (Å²) in [5.41, 5.74) is 1.34. The third-order valence-corrected chi connectivity index (χ3v) is 2.83. The first-order valence-corrected chi connectivity index (χ1v) is 6.70. The van der Waals surface area contributed by atoms with Crippen molar-refractivity contribution < 1.29 is 10.2 Å². The van der Waals surface area contributed by atoms with Crippen molar-refractivity contribution in [2.24, 2.45) is 0 Å². The van der Waals surface area contributed by atoms with Crippen LogP contribution in [0.2, 0.25) is 0 Å². The Labute approximate surface area is 110 Å². The molecule has 1 rings (SSSR count). The normalized spacial score (nSPS) is 14.7. The Balaban J connectivity index is 2.32. The van der Waals surface area contributed by atoms with E-state index in [2.05, 4.69) is 29.2 Å². The molecule has 0 aliphatic rings. The maximum absolute atomic E-state index is 9.43. The van der Waals surface area contributed by atoms with Crippen molar-refractivity contribution in [3.8, 4) is 0 Å². The highest BCUT2D eigenvalue weighted by molar-refractivity contribution is 5.14. The second kappa shape index (κ2) is 8.25. The molecule has 3 nitrogen and oxygen atoms in total. The van der Waals surface area contributed by atoms with Crippen molar-refractivity contribution in [3.63, 3.8) is 0 Å². The molecule has 3 heteroatoms. The molecule has 0 fully saturated rings. The lowest BCUT2D eigenvalue weighted by Crippen LogP contribution is -2.37. The second-order valence-electron chi connectivity index (χ2n) is 5.05. The number of aliphatic hydroxyl groups is 2. The zero-order valence-corrected chi connectivity index (χ0v) is 11.4. The van der Waals surface area contributed by atoms with Gasteiger partial charge in [0.15, 0.2) is 0 Å². The van der Waals surface area contributed by atoms with Crippen LogP contribution in [0.1, 0.15) is 25.8 Å². The average molecular weight is 251 g/mol. The molecule has 0 spiro atoms. The summed E-state index contributed by atoms with van der Waals surface area (Å²) in [6.45, 7) is 5.72. The van der Waals surface area contributed by atoms with Crippen molar-refractivity contribution in [2.45, 2.75) is 38.9 Å². The molecule has 0 amide bonds. The molecule has 1 aromatic carbocycles. The van der Waals surface area contributed by atoms with Crippen LogP contribution in [0.3, 0.4) is 0 Å². The van der Waals surface area contributed by atoms with E-state index in [9.17, 15) is 10.2 Å². The fraction of sp³-hybridized carbons (Fsp3) is 0.600. The third-order valence-electron chi connectivity index (χ3n) is 2.83. The van der Waals surface area contributed by atoms with Crippen molar-refractivity contribution in [3.05, 3.63) is 35.9 Å². The molecule has 0 saturated carbocycles. The fourth-order valence-corrected chi connectivity index (χ4v) is 2.16. The minimum Gasteiger partial charge on any atom is -0.392 e. The Morgan fingerprint density at radius 2 is 1.56 bits per heavy atom. The molecular weight excluding hydrogens is 226 g/mol. The number of aryl methyl sites for hydroxylation is 1. The molecule has 0 radical (unpaired) electrons. The van der Waals surface area contributed by atoms with Gasteiger partial charge in [-0.1, -0.05) is 30.3 Å². The van der Waals surface area contributed by atoms with Gasteiger partial charge in [0.1, 0.15) is 0 Å². The Kier molecular flexibility index (Phi) is 6.94. The quantitative estimate of drug-likeness (QED) is 0.739. The summed E-state index contributed by atoms with van der Waals surface area (Å²) in [5.74, 6) is 0. The molecule has 2 atom stereocenters. The van der Waals surface area contributed by atoms with E-state index < -0.39 is 0 Å². The fourth-order valence-electron chi connectivity index (χ4n) is 2.16. The van der Waals surface area contributed by atoms with Crippen LogP contribution in [0.4, 0.5) is 0 Å². The van der Waals surface area contributed by atoms with Crippen molar-refractivity contribution in [1.29, 1.82) is 0 Å². The number of hydrogen-bond acceptors (Lipinski definition) is 3. The van der Waals surface area contributed by atoms with E-state index in [1.54, 1.807) is 13.8 Å². The van der Waals surface area contributed by atoms with Gasteiger partial charge >= 0.3 is 0 Å². The molecular formula is C15H25NO2. The summed E-state index contributed by atoms with van der Waals surface area (Å²) in [4.78, 5) is 2.12. The minimum absolute atomic E-state index is 0.347. The first-order chi connectivity index (χ1) is 8.58. The molecule has 0 aliphatic carbocycles. The molecule has 0 aliphatic heterocycles. The monoisotopic (exact) mass is 251 g/mol. The van der Waals surface area contributed by atoms with Gasteiger partial charge in [0.05, 0.1) is 12.2 Å². The summed E-state index contributed by atoms with van der Waals surface area (Å²) in [6, 6.07) is 10.4. The number of nitrogens with zero attached hydrogens (tertiary/aromatic N) is 1. The van der Waals surface area contributed by atoms with Crippen LogP contribution < -0.4 is 0 Å². The standard InChI is InChI=1S/C15H25NO2/c1-13(17)11-16(12-14(2)18)10-6-9-15-7-4-3-5-8-15/h3-5,7-8,13-14,17-18H,6,9-12H2,1-2H3/t13-,14-/m1/s1. The lowest BCUT2D eigenvalue weighted by molar-refractivity contribution is 0.0830. The highest BCUT2D eigenvalue weighted by Crippen LogP contribution is 2.04. The summed E-state index contributed by atoms with van der Waals surface area (Å²) >= 11 is 0. The summed E-state index contributed by atoms with van der Waals surface area (Å²) < 4.78 is 0. The van der Waals surface area contributed by atoms with E-state index in [4.69, 9.17) is 0 Å². The van der Waals surface area contributed by atoms with Crippen LogP contribution >= 0.6 is 0 Å². The van der Waals surface area contributed by atoms with Crippen molar-refractivity contribution in [2.75, 3.05) is 19.6 Å². The van der Waals surface area contributed by atoms with Crippen molar-refractivity contribution >= 4 is 0 Å². The van der Waals surface area contributed by atoms with Crippen LogP contribution in [0.25, 0.3) is 0 Å². The zero-order chi connectivity index (χ0) is 13.4. The maximum Gasteiger partial charge on any atom is 0.0639 e. The number of aliphatic hydroxyl groups excluding tert-OH is 2. The highest BCUT2D eigenvalue weighted by atomic mass is 16.3. The molecule has 0 unspecified atom stereocenters. The van der Waals surface area contributed by atoms with Crippen molar-refractivity contribution in [1.82, 2.24) is 4.90 Å². The van der Waals surface area contributed by atoms with Gasteiger partial charge in [-0.25, -0.2) is 0 Å². The van der Waals surface area contributed by atoms with Crippen LogP contribution in [0.15, 0.2) is 30.3 Å². The van der Waals surface area contributed by atoms with Crippen LogP contribution in [0.5, 0.6) is 0 Å². The summed E-state index contributed by atoms with van der Waals surface area (Å²) in [5, 5.41) is 18.9. The Bertz CT molecular complexity index is 302. The first kappa shape index (κ1) is 15.2. The van der Waals surface area contributed by atoms with Gasteiger partial charge in [-0.3, -0.25) is 4.90 Å². The van der Waals surface area contributed by atoms with Crippen LogP contribution in [-0.2, 0) is 6.42 Å². The lowest BCUT2D eigenvalue weighted by atomic mass is 10.1. The number of benzene rings is 1. The predicted molar refractivity (Wildman–Crippen MR) is 74.6 cm³/mol. The largest absolute Gasteiger partial charge is 0.392 e. The molecule has 0 bridgehead atoms. The average Bonchev–Trinajstić information content (AvgIpc) is 2.28. The second-order valence-corrected chi connectivity index (χ2v) is 5.05. The van der Waals surface area contributed by atoms with E-state index >= 15 is 0 Å². The Morgan fingerprint density at radius 3 is 2.06 bits per heavy atom. The molecule has 18 heavy (non-hydrogen) atoms. The zero-order valence-electron chi connectivity index (χ0n) is 11.4. The van der Waals surface area contributed by atoms with Gasteiger partial charge in [-0.2, -0.15) is 0 Å². The Morgan fingerprint density at radius 1 is 1.00 bits per heavy atom. The van der Waals surface area contributed by atoms with Crippen LogP contribution in [-0.4, -0.2) is 47.0 Å². The first-order valence-electron chi connectivity index (χ1n) is 6.70. The molecule has 2 N–H and O–H groups in total. The van der Waals surface area contributed by atoms with E-state index in [-0.39, 0.29) is 12.2 Å². The number of hydrogen-bond donors (Lipinski definition) is 2. The lowest BCUT2D eigenvalue weighted by Gasteiger charge is -2.24. The topological polar surface area (TPSA) is 43.7 Å². The van der Waals surface area contributed by atoms with Gasteiger partial charge in [0.2, 0.25) is 0 Å². The maximum atomic E-state index is 9.43. The predicted octanol–water partition coefficient (Wildman–Crippen LogP) is 1.68. The van der Waals surface area contributed by atoms with Gasteiger partial charge in [-0.05, 0) is 38.8 Å². The van der Waals surface area contributed by atoms with Crippen LogP contribution in [0, 0.1) is 0 Å². The third kappa shape index (κ3) is 6.74. The molecule has 0 saturated heterocycles. The highest BCUT2D eigenvalue weighted by Gasteiger charge is 2.10. The number of rotatable bonds is 8. The van der Waals surface area contributed by atoms with E-state index in [1.165, 1.54) is 5.56 Å². The minimum atomic E-state index is -0.347. The summed E-state index contributed by atoms with van der Waals surface area (Å²) in [6.07, 6.45) is 1.39. The van der Waals surface area contributed by atoms with Gasteiger partial charge in [0, 0.05) is 13.1 Å². The SMILES string of the molecule is C[C@@H](O)CN(CCCc1ccccc1)C[C@@H](C)O. The molecule has 0 aromatic heterocycles. The van der Waals surface area contributed by atoms with Gasteiger partial charge in [0.25, 0.3) is 0 Å². The smallest absolute Gasteiger partial charge is 0.0639 e. The van der Waals surface area contributed by atoms with E-state index in [1.807, 2.05) is 6.07 Å². The summed E-state index contributed by atoms with van der Waals surface area (Å²) in [7, 11) is 0. The Hall–Kier alpha value is -0.900. The van der Waals surface area contributed by atoms with Gasteiger partial charge < -0.3 is 10.2 Å². The molecule has 1 aromatic rings.